The van der Waals surface area contributed by atoms with Gasteiger partial charge in [0.1, 0.15) is 5.82 Å². The zero-order valence-electron chi connectivity index (χ0n) is 10.7. The normalized spacial score (nSPS) is 15.8. The van der Waals surface area contributed by atoms with Crippen molar-refractivity contribution in [3.8, 4) is 0 Å². The molecule has 1 N–H and O–H groups in total. The minimum Gasteiger partial charge on any atom is -0.381 e. The smallest absolute Gasteiger partial charge is 0.116 e. The lowest BCUT2D eigenvalue weighted by atomic mass is 10.2. The summed E-state index contributed by atoms with van der Waals surface area (Å²) in [7, 11) is 0. The van der Waals surface area contributed by atoms with Crippen molar-refractivity contribution in [2.75, 3.05) is 5.32 Å². The minimum absolute atomic E-state index is 0.451. The molecule has 2 aromatic rings. The molecule has 0 amide bonds. The molecular formula is C14H19N3. The van der Waals surface area contributed by atoms with Crippen LogP contribution in [-0.2, 0) is 0 Å². The average molecular weight is 229 g/mol. The number of aromatic nitrogens is 2. The van der Waals surface area contributed by atoms with E-state index in [2.05, 4.69) is 53.8 Å². The van der Waals surface area contributed by atoms with E-state index in [0.29, 0.717) is 12.0 Å². The third kappa shape index (κ3) is 1.90. The monoisotopic (exact) mass is 229 g/mol. The van der Waals surface area contributed by atoms with Crippen LogP contribution in [0.4, 0.5) is 5.69 Å². The fourth-order valence-electron chi connectivity index (χ4n) is 2.22. The number of rotatable bonds is 3. The van der Waals surface area contributed by atoms with Crippen LogP contribution in [0.3, 0.4) is 0 Å². The second-order valence-electron chi connectivity index (χ2n) is 5.30. The Bertz CT molecular complexity index is 550. The van der Waals surface area contributed by atoms with Crippen molar-refractivity contribution in [3.63, 3.8) is 0 Å². The Morgan fingerprint density at radius 2 is 2.12 bits per heavy atom. The predicted molar refractivity (Wildman–Crippen MR) is 70.7 cm³/mol. The molecule has 0 saturated heterocycles. The maximum Gasteiger partial charge on any atom is 0.116 e. The highest BCUT2D eigenvalue weighted by Crippen LogP contribution is 2.26. The van der Waals surface area contributed by atoms with Crippen molar-refractivity contribution in [2.24, 2.45) is 0 Å². The molecule has 1 aliphatic rings. The Labute approximate surface area is 102 Å². The van der Waals surface area contributed by atoms with Crippen molar-refractivity contribution in [1.82, 2.24) is 9.38 Å². The summed E-state index contributed by atoms with van der Waals surface area (Å²) in [5, 5.41) is 3.53. The van der Waals surface area contributed by atoms with Gasteiger partial charge in [-0.1, -0.05) is 13.8 Å². The first-order valence-corrected chi connectivity index (χ1v) is 6.40. The van der Waals surface area contributed by atoms with Gasteiger partial charge in [0, 0.05) is 18.2 Å². The van der Waals surface area contributed by atoms with Crippen molar-refractivity contribution >= 4 is 11.2 Å². The Morgan fingerprint density at radius 1 is 1.35 bits per heavy atom. The molecular weight excluding hydrogens is 210 g/mol. The maximum atomic E-state index is 4.66. The Kier molecular flexibility index (Phi) is 2.35. The second kappa shape index (κ2) is 3.76. The number of hydrogen-bond donors (Lipinski definition) is 1. The first kappa shape index (κ1) is 10.6. The van der Waals surface area contributed by atoms with Crippen LogP contribution < -0.4 is 5.32 Å². The SMILES string of the molecule is Cc1nc(C(C)C)n2cc(NC3CC3)ccc12. The molecule has 1 saturated carbocycles. The largest absolute Gasteiger partial charge is 0.381 e. The molecule has 1 aliphatic carbocycles. The molecule has 0 aliphatic heterocycles. The van der Waals surface area contributed by atoms with Gasteiger partial charge in [0.05, 0.1) is 16.9 Å². The molecule has 17 heavy (non-hydrogen) atoms. The molecule has 0 unspecified atom stereocenters. The number of pyridine rings is 1. The molecule has 3 heteroatoms. The van der Waals surface area contributed by atoms with Crippen molar-refractivity contribution < 1.29 is 0 Å². The molecule has 2 heterocycles. The van der Waals surface area contributed by atoms with E-state index in [4.69, 9.17) is 0 Å². The summed E-state index contributed by atoms with van der Waals surface area (Å²) in [6.45, 7) is 6.46. The van der Waals surface area contributed by atoms with Gasteiger partial charge in [-0.15, -0.1) is 0 Å². The van der Waals surface area contributed by atoms with E-state index < -0.39 is 0 Å². The number of nitrogens with one attached hydrogen (secondary N) is 1. The topological polar surface area (TPSA) is 29.3 Å². The van der Waals surface area contributed by atoms with Crippen LogP contribution in [-0.4, -0.2) is 15.4 Å². The van der Waals surface area contributed by atoms with E-state index in [1.165, 1.54) is 24.0 Å². The quantitative estimate of drug-likeness (QED) is 0.874. The molecule has 0 spiro atoms. The van der Waals surface area contributed by atoms with Crippen LogP contribution in [0.25, 0.3) is 5.52 Å². The fraction of sp³-hybridized carbons (Fsp3) is 0.500. The van der Waals surface area contributed by atoms with Gasteiger partial charge in [0.25, 0.3) is 0 Å². The fourth-order valence-corrected chi connectivity index (χ4v) is 2.22. The lowest BCUT2D eigenvalue weighted by Crippen LogP contribution is -2.03. The van der Waals surface area contributed by atoms with Crippen LogP contribution in [0.5, 0.6) is 0 Å². The second-order valence-corrected chi connectivity index (χ2v) is 5.30. The Morgan fingerprint density at radius 3 is 2.76 bits per heavy atom. The molecule has 3 nitrogen and oxygen atoms in total. The number of aryl methyl sites for hydroxylation is 1. The van der Waals surface area contributed by atoms with Crippen LogP contribution in [0.15, 0.2) is 18.3 Å². The first-order chi connectivity index (χ1) is 8.15. The standard InChI is InChI=1S/C14H19N3/c1-9(2)14-15-10(3)13-7-6-12(8-17(13)14)16-11-4-5-11/h6-9,11,16H,4-5H2,1-3H3. The zero-order valence-corrected chi connectivity index (χ0v) is 10.7. The molecule has 0 radical (unpaired) electrons. The van der Waals surface area contributed by atoms with Crippen LogP contribution >= 0.6 is 0 Å². The molecule has 1 fully saturated rings. The van der Waals surface area contributed by atoms with Gasteiger partial charge in [-0.25, -0.2) is 4.98 Å². The molecule has 90 valence electrons. The van der Waals surface area contributed by atoms with Crippen molar-refractivity contribution in [2.45, 2.75) is 45.6 Å². The summed E-state index contributed by atoms with van der Waals surface area (Å²) in [5.41, 5.74) is 3.54. The highest BCUT2D eigenvalue weighted by Gasteiger charge is 2.21. The van der Waals surface area contributed by atoms with Crippen molar-refractivity contribution in [3.05, 3.63) is 29.8 Å². The van der Waals surface area contributed by atoms with Gasteiger partial charge in [-0.2, -0.15) is 0 Å². The highest BCUT2D eigenvalue weighted by atomic mass is 15.1. The average Bonchev–Trinajstić information content (AvgIpc) is 3.03. The van der Waals surface area contributed by atoms with Gasteiger partial charge in [-0.3, -0.25) is 0 Å². The van der Waals surface area contributed by atoms with Crippen LogP contribution in [0.1, 0.15) is 44.1 Å². The molecule has 0 bridgehead atoms. The van der Waals surface area contributed by atoms with Gasteiger partial charge in [0.15, 0.2) is 0 Å². The number of nitrogens with zero attached hydrogens (tertiary/aromatic N) is 2. The summed E-state index contributed by atoms with van der Waals surface area (Å²) in [5.74, 6) is 1.60. The lowest BCUT2D eigenvalue weighted by molar-refractivity contribution is 0.768. The van der Waals surface area contributed by atoms with E-state index in [1.807, 2.05) is 0 Å². The van der Waals surface area contributed by atoms with E-state index in [1.54, 1.807) is 0 Å². The van der Waals surface area contributed by atoms with E-state index in [9.17, 15) is 0 Å². The third-order valence-corrected chi connectivity index (χ3v) is 3.31. The molecule has 3 rings (SSSR count). The lowest BCUT2D eigenvalue weighted by Gasteiger charge is -2.08. The third-order valence-electron chi connectivity index (χ3n) is 3.31. The summed E-state index contributed by atoms with van der Waals surface area (Å²) in [4.78, 5) is 4.66. The Balaban J connectivity index is 2.08. The summed E-state index contributed by atoms with van der Waals surface area (Å²) in [6.07, 6.45) is 4.79. The van der Waals surface area contributed by atoms with Crippen LogP contribution in [0, 0.1) is 6.92 Å². The van der Waals surface area contributed by atoms with E-state index in [0.717, 1.165) is 11.5 Å². The van der Waals surface area contributed by atoms with Gasteiger partial charge >= 0.3 is 0 Å². The Hall–Kier alpha value is -1.51. The molecule has 2 aromatic heterocycles. The highest BCUT2D eigenvalue weighted by molar-refractivity contribution is 5.58. The summed E-state index contributed by atoms with van der Waals surface area (Å²) in [6, 6.07) is 5.02. The first-order valence-electron chi connectivity index (χ1n) is 6.40. The molecule has 0 aromatic carbocycles. The van der Waals surface area contributed by atoms with E-state index >= 15 is 0 Å². The number of hydrogen-bond acceptors (Lipinski definition) is 2. The van der Waals surface area contributed by atoms with Gasteiger partial charge in [0.2, 0.25) is 0 Å². The minimum atomic E-state index is 0.451. The van der Waals surface area contributed by atoms with Crippen LogP contribution in [0.2, 0.25) is 0 Å². The van der Waals surface area contributed by atoms with Gasteiger partial charge in [-0.05, 0) is 31.9 Å². The summed E-state index contributed by atoms with van der Waals surface area (Å²) < 4.78 is 2.23. The molecule has 0 atom stereocenters. The van der Waals surface area contributed by atoms with Gasteiger partial charge < -0.3 is 9.72 Å². The number of fused-ring (bicyclic) bond motifs is 1. The predicted octanol–water partition coefficient (Wildman–Crippen LogP) is 3.34. The maximum absolute atomic E-state index is 4.66. The zero-order chi connectivity index (χ0) is 12.0. The number of anilines is 1. The van der Waals surface area contributed by atoms with E-state index in [-0.39, 0.29) is 0 Å². The number of imidazole rings is 1. The van der Waals surface area contributed by atoms with Crippen molar-refractivity contribution in [1.29, 1.82) is 0 Å². The summed E-state index contributed by atoms with van der Waals surface area (Å²) >= 11 is 0.